The molecule has 0 saturated carbocycles. The molecule has 16 heavy (non-hydrogen) atoms. The fourth-order valence-corrected chi connectivity index (χ4v) is 2.08. The molecule has 1 aliphatic rings. The molecule has 94 valence electrons. The van der Waals surface area contributed by atoms with Crippen LogP contribution in [0.25, 0.3) is 0 Å². The molecule has 4 heteroatoms. The van der Waals surface area contributed by atoms with Crippen LogP contribution >= 0.6 is 0 Å². The van der Waals surface area contributed by atoms with E-state index in [-0.39, 0.29) is 11.9 Å². The fraction of sp³-hybridized carbons (Fsp3) is 0.917. The van der Waals surface area contributed by atoms with Crippen molar-refractivity contribution in [3.63, 3.8) is 0 Å². The molecule has 0 aromatic rings. The molecule has 1 fully saturated rings. The minimum atomic E-state index is 0.114. The smallest absolute Gasteiger partial charge is 0.220 e. The number of nitrogens with one attached hydrogen (secondary N) is 1. The topological polar surface area (TPSA) is 58.4 Å². The minimum absolute atomic E-state index is 0.114. The summed E-state index contributed by atoms with van der Waals surface area (Å²) >= 11 is 0. The van der Waals surface area contributed by atoms with Crippen molar-refractivity contribution in [2.24, 2.45) is 5.73 Å². The predicted octanol–water partition coefficient (Wildman–Crippen LogP) is 0.714. The van der Waals surface area contributed by atoms with E-state index in [2.05, 4.69) is 17.3 Å². The van der Waals surface area contributed by atoms with E-state index in [0.29, 0.717) is 12.5 Å². The summed E-state index contributed by atoms with van der Waals surface area (Å²) in [7, 11) is 2.14. The lowest BCUT2D eigenvalue weighted by Crippen LogP contribution is -2.44. The average molecular weight is 227 g/mol. The SMILES string of the molecule is CC(N)CCC(=O)NCC1CCCCN1C. The highest BCUT2D eigenvalue weighted by Gasteiger charge is 2.18. The van der Waals surface area contributed by atoms with Gasteiger partial charge in [0.2, 0.25) is 5.91 Å². The monoisotopic (exact) mass is 227 g/mol. The van der Waals surface area contributed by atoms with Crippen LogP contribution in [0.5, 0.6) is 0 Å². The summed E-state index contributed by atoms with van der Waals surface area (Å²) in [5.74, 6) is 0.135. The number of hydrogen-bond acceptors (Lipinski definition) is 3. The molecule has 4 nitrogen and oxygen atoms in total. The zero-order valence-corrected chi connectivity index (χ0v) is 10.5. The van der Waals surface area contributed by atoms with Gasteiger partial charge in [-0.25, -0.2) is 0 Å². The Kier molecular flexibility index (Phi) is 5.77. The Hall–Kier alpha value is -0.610. The standard InChI is InChI=1S/C12H25N3O/c1-10(13)6-7-12(16)14-9-11-5-3-4-8-15(11)2/h10-11H,3-9,13H2,1-2H3,(H,14,16). The largest absolute Gasteiger partial charge is 0.355 e. The molecule has 0 bridgehead atoms. The second kappa shape index (κ2) is 6.86. The number of amides is 1. The Bertz CT molecular complexity index is 218. The molecule has 0 aliphatic carbocycles. The van der Waals surface area contributed by atoms with Gasteiger partial charge in [-0.1, -0.05) is 6.42 Å². The van der Waals surface area contributed by atoms with Crippen LogP contribution in [0.4, 0.5) is 0 Å². The van der Waals surface area contributed by atoms with Crippen molar-refractivity contribution in [3.8, 4) is 0 Å². The first-order chi connectivity index (χ1) is 7.59. The molecule has 0 aromatic heterocycles. The highest BCUT2D eigenvalue weighted by Crippen LogP contribution is 2.13. The van der Waals surface area contributed by atoms with E-state index in [1.165, 1.54) is 19.3 Å². The molecular formula is C12H25N3O. The Morgan fingerprint density at radius 2 is 2.31 bits per heavy atom. The Balaban J connectivity index is 2.15. The van der Waals surface area contributed by atoms with E-state index in [1.807, 2.05) is 6.92 Å². The predicted molar refractivity (Wildman–Crippen MR) is 66.2 cm³/mol. The van der Waals surface area contributed by atoms with Gasteiger partial charge < -0.3 is 16.0 Å². The third kappa shape index (κ3) is 4.94. The Morgan fingerprint density at radius 3 is 2.94 bits per heavy atom. The fourth-order valence-electron chi connectivity index (χ4n) is 2.08. The lowest BCUT2D eigenvalue weighted by atomic mass is 10.0. The number of nitrogens with zero attached hydrogens (tertiary/aromatic N) is 1. The van der Waals surface area contributed by atoms with Crippen molar-refractivity contribution in [2.75, 3.05) is 20.1 Å². The number of carbonyl (C=O) groups excluding carboxylic acids is 1. The number of rotatable bonds is 5. The molecule has 1 amide bonds. The Morgan fingerprint density at radius 1 is 1.56 bits per heavy atom. The molecule has 2 atom stereocenters. The molecule has 1 heterocycles. The van der Waals surface area contributed by atoms with Crippen LogP contribution in [0.15, 0.2) is 0 Å². The van der Waals surface area contributed by atoms with Gasteiger partial charge in [0.25, 0.3) is 0 Å². The zero-order valence-electron chi connectivity index (χ0n) is 10.5. The maximum absolute atomic E-state index is 11.5. The number of carbonyl (C=O) groups is 1. The number of nitrogens with two attached hydrogens (primary N) is 1. The summed E-state index contributed by atoms with van der Waals surface area (Å²) in [6, 6.07) is 0.635. The maximum Gasteiger partial charge on any atom is 0.220 e. The van der Waals surface area contributed by atoms with E-state index < -0.39 is 0 Å². The van der Waals surface area contributed by atoms with Crippen LogP contribution in [-0.4, -0.2) is 43.0 Å². The minimum Gasteiger partial charge on any atom is -0.355 e. The van der Waals surface area contributed by atoms with Gasteiger partial charge in [0.05, 0.1) is 0 Å². The van der Waals surface area contributed by atoms with Crippen LogP contribution in [0.1, 0.15) is 39.0 Å². The van der Waals surface area contributed by atoms with Gasteiger partial charge in [0, 0.05) is 25.0 Å². The molecule has 1 rings (SSSR count). The number of likely N-dealkylation sites (N-methyl/N-ethyl adjacent to an activating group) is 1. The van der Waals surface area contributed by atoms with Crippen molar-refractivity contribution in [2.45, 2.75) is 51.1 Å². The average Bonchev–Trinajstić information content (AvgIpc) is 2.25. The summed E-state index contributed by atoms with van der Waals surface area (Å²) < 4.78 is 0. The van der Waals surface area contributed by atoms with E-state index in [0.717, 1.165) is 19.5 Å². The Labute approximate surface area is 98.6 Å². The van der Waals surface area contributed by atoms with E-state index in [1.54, 1.807) is 0 Å². The quantitative estimate of drug-likeness (QED) is 0.727. The molecular weight excluding hydrogens is 202 g/mol. The van der Waals surface area contributed by atoms with Crippen molar-refractivity contribution < 1.29 is 4.79 Å². The number of hydrogen-bond donors (Lipinski definition) is 2. The van der Waals surface area contributed by atoms with Gasteiger partial charge in [0.1, 0.15) is 0 Å². The molecule has 3 N–H and O–H groups in total. The number of piperidine rings is 1. The summed E-state index contributed by atoms with van der Waals surface area (Å²) in [6.07, 6.45) is 5.08. The van der Waals surface area contributed by atoms with Crippen LogP contribution in [0, 0.1) is 0 Å². The zero-order chi connectivity index (χ0) is 12.0. The second-order valence-corrected chi connectivity index (χ2v) is 4.95. The van der Waals surface area contributed by atoms with Gasteiger partial charge in [-0.05, 0) is 39.8 Å². The highest BCUT2D eigenvalue weighted by molar-refractivity contribution is 5.75. The van der Waals surface area contributed by atoms with E-state index >= 15 is 0 Å². The summed E-state index contributed by atoms with van der Waals surface area (Å²) in [4.78, 5) is 13.9. The van der Waals surface area contributed by atoms with Crippen LogP contribution in [0.3, 0.4) is 0 Å². The summed E-state index contributed by atoms with van der Waals surface area (Å²) in [5, 5.41) is 3.00. The highest BCUT2D eigenvalue weighted by atomic mass is 16.1. The molecule has 0 aromatic carbocycles. The number of likely N-dealkylation sites (tertiary alicyclic amines) is 1. The molecule has 1 aliphatic heterocycles. The van der Waals surface area contributed by atoms with Crippen LogP contribution < -0.4 is 11.1 Å². The van der Waals surface area contributed by atoms with Crippen molar-refractivity contribution in [1.29, 1.82) is 0 Å². The van der Waals surface area contributed by atoms with Crippen molar-refractivity contribution in [3.05, 3.63) is 0 Å². The molecule has 1 saturated heterocycles. The van der Waals surface area contributed by atoms with Gasteiger partial charge >= 0.3 is 0 Å². The molecule has 2 unspecified atom stereocenters. The summed E-state index contributed by atoms with van der Waals surface area (Å²) in [6.45, 7) is 3.87. The third-order valence-corrected chi connectivity index (χ3v) is 3.28. The summed E-state index contributed by atoms with van der Waals surface area (Å²) in [5.41, 5.74) is 5.61. The van der Waals surface area contributed by atoms with Gasteiger partial charge in [-0.3, -0.25) is 4.79 Å². The first-order valence-electron chi connectivity index (χ1n) is 6.32. The van der Waals surface area contributed by atoms with Gasteiger partial charge in [-0.15, -0.1) is 0 Å². The maximum atomic E-state index is 11.5. The third-order valence-electron chi connectivity index (χ3n) is 3.28. The van der Waals surface area contributed by atoms with Crippen LogP contribution in [0.2, 0.25) is 0 Å². The van der Waals surface area contributed by atoms with Crippen LogP contribution in [-0.2, 0) is 4.79 Å². The van der Waals surface area contributed by atoms with E-state index in [4.69, 9.17) is 5.73 Å². The van der Waals surface area contributed by atoms with Crippen molar-refractivity contribution >= 4 is 5.91 Å². The lowest BCUT2D eigenvalue weighted by Gasteiger charge is -2.32. The second-order valence-electron chi connectivity index (χ2n) is 4.95. The van der Waals surface area contributed by atoms with Crippen molar-refractivity contribution in [1.82, 2.24) is 10.2 Å². The lowest BCUT2D eigenvalue weighted by molar-refractivity contribution is -0.121. The van der Waals surface area contributed by atoms with Gasteiger partial charge in [0.15, 0.2) is 0 Å². The molecule has 0 radical (unpaired) electrons. The first-order valence-corrected chi connectivity index (χ1v) is 6.32. The van der Waals surface area contributed by atoms with E-state index in [9.17, 15) is 4.79 Å². The van der Waals surface area contributed by atoms with Gasteiger partial charge in [-0.2, -0.15) is 0 Å². The normalized spacial score (nSPS) is 24.1. The molecule has 0 spiro atoms. The first kappa shape index (κ1) is 13.5.